The van der Waals surface area contributed by atoms with Gasteiger partial charge in [-0.25, -0.2) is 0 Å². The largest absolute Gasteiger partial charge is 0.347 e. The van der Waals surface area contributed by atoms with Crippen LogP contribution in [0.25, 0.3) is 10.9 Å². The van der Waals surface area contributed by atoms with Crippen LogP contribution in [0.1, 0.15) is 25.8 Å². The van der Waals surface area contributed by atoms with Gasteiger partial charge in [0.2, 0.25) is 0 Å². The number of fused-ring (bicyclic) bond motifs is 2. The van der Waals surface area contributed by atoms with Crippen LogP contribution in [0.3, 0.4) is 0 Å². The summed E-state index contributed by atoms with van der Waals surface area (Å²) in [6.45, 7) is 5.28. The molecule has 3 aromatic rings. The molecule has 5 nitrogen and oxygen atoms in total. The normalized spacial score (nSPS) is 15.6. The Bertz CT molecular complexity index is 1110. The topological polar surface area (TPSA) is 63.5 Å². The number of benzene rings is 2. The summed E-state index contributed by atoms with van der Waals surface area (Å²) in [6, 6.07) is 14.9. The van der Waals surface area contributed by atoms with Crippen molar-refractivity contribution in [1.29, 1.82) is 0 Å². The highest BCUT2D eigenvalue weighted by Crippen LogP contribution is 2.31. The van der Waals surface area contributed by atoms with Crippen LogP contribution in [-0.2, 0) is 16.6 Å². The smallest absolute Gasteiger partial charge is 0.286 e. The maximum absolute atomic E-state index is 12.6. The summed E-state index contributed by atoms with van der Waals surface area (Å²) in [5, 5.41) is 4.19. The van der Waals surface area contributed by atoms with E-state index in [1.54, 1.807) is 18.2 Å². The summed E-state index contributed by atoms with van der Waals surface area (Å²) in [5.74, 6) is 0.972. The van der Waals surface area contributed by atoms with Crippen molar-refractivity contribution in [2.24, 2.45) is 10.3 Å². The molecular formula is C20H21N3O2S. The Balaban J connectivity index is 1.84. The van der Waals surface area contributed by atoms with E-state index in [1.165, 1.54) is 0 Å². The van der Waals surface area contributed by atoms with E-state index in [1.807, 2.05) is 30.5 Å². The van der Waals surface area contributed by atoms with Crippen LogP contribution in [0.2, 0.25) is 0 Å². The van der Waals surface area contributed by atoms with E-state index in [9.17, 15) is 8.42 Å². The van der Waals surface area contributed by atoms with Crippen molar-refractivity contribution in [1.82, 2.24) is 4.57 Å². The number of hydrogen-bond acceptors (Lipinski definition) is 3. The molecule has 2 aromatic carbocycles. The Morgan fingerprint density at radius 1 is 1.08 bits per heavy atom. The Morgan fingerprint density at radius 2 is 1.81 bits per heavy atom. The fourth-order valence-corrected chi connectivity index (χ4v) is 4.38. The second-order valence-electron chi connectivity index (χ2n) is 6.97. The molecule has 1 N–H and O–H groups in total. The van der Waals surface area contributed by atoms with Crippen molar-refractivity contribution < 1.29 is 8.42 Å². The van der Waals surface area contributed by atoms with Gasteiger partial charge in [-0.2, -0.15) is 8.42 Å². The Kier molecular flexibility index (Phi) is 4.07. The van der Waals surface area contributed by atoms with Gasteiger partial charge < -0.3 is 9.88 Å². The zero-order valence-electron chi connectivity index (χ0n) is 14.8. The van der Waals surface area contributed by atoms with E-state index in [-0.39, 0.29) is 4.90 Å². The standard InChI is InChI=1S/C20H21N3O2S/c1-14(2)11-12-23-13-16(15-7-3-5-9-18(15)23)20-21-17-8-4-6-10-19(17)26(24,25)22-20/h3-10,13-14H,11-12H2,1-2H3,(H,21,22). The van der Waals surface area contributed by atoms with Gasteiger partial charge in [0.25, 0.3) is 10.0 Å². The SMILES string of the molecule is CC(C)CCn1cc(C2=NS(=O)(=O)c3ccccc3N2)c2ccccc21. The van der Waals surface area contributed by atoms with Crippen LogP contribution >= 0.6 is 0 Å². The Morgan fingerprint density at radius 3 is 2.62 bits per heavy atom. The van der Waals surface area contributed by atoms with Gasteiger partial charge in [0.15, 0.2) is 5.84 Å². The molecule has 0 amide bonds. The monoisotopic (exact) mass is 367 g/mol. The lowest BCUT2D eigenvalue weighted by Crippen LogP contribution is -2.22. The van der Waals surface area contributed by atoms with Gasteiger partial charge in [-0.3, -0.25) is 0 Å². The molecule has 26 heavy (non-hydrogen) atoms. The van der Waals surface area contributed by atoms with Crippen LogP contribution < -0.4 is 5.32 Å². The number of nitrogens with one attached hydrogen (secondary N) is 1. The van der Waals surface area contributed by atoms with Crippen molar-refractivity contribution in [3.63, 3.8) is 0 Å². The molecule has 4 rings (SSSR count). The molecule has 0 aliphatic carbocycles. The lowest BCUT2D eigenvalue weighted by atomic mass is 10.1. The molecule has 0 saturated heterocycles. The Labute approximate surface area is 153 Å². The first-order chi connectivity index (χ1) is 12.5. The van der Waals surface area contributed by atoms with E-state index in [4.69, 9.17) is 0 Å². The van der Waals surface area contributed by atoms with Crippen LogP contribution in [0.15, 0.2) is 64.0 Å². The van der Waals surface area contributed by atoms with E-state index in [2.05, 4.69) is 34.2 Å². The highest BCUT2D eigenvalue weighted by Gasteiger charge is 2.26. The second kappa shape index (κ2) is 6.29. The second-order valence-corrected chi connectivity index (χ2v) is 8.54. The van der Waals surface area contributed by atoms with E-state index >= 15 is 0 Å². The molecule has 0 bridgehead atoms. The molecular weight excluding hydrogens is 346 g/mol. The predicted molar refractivity (Wildman–Crippen MR) is 105 cm³/mol. The first kappa shape index (κ1) is 16.8. The molecule has 0 atom stereocenters. The van der Waals surface area contributed by atoms with Crippen molar-refractivity contribution in [3.8, 4) is 0 Å². The summed E-state index contributed by atoms with van der Waals surface area (Å²) in [4.78, 5) is 0.215. The highest BCUT2D eigenvalue weighted by atomic mass is 32.2. The van der Waals surface area contributed by atoms with Crippen molar-refractivity contribution >= 4 is 32.4 Å². The van der Waals surface area contributed by atoms with Crippen LogP contribution in [0.5, 0.6) is 0 Å². The number of aromatic nitrogens is 1. The van der Waals surface area contributed by atoms with Gasteiger partial charge in [0, 0.05) is 29.2 Å². The fourth-order valence-electron chi connectivity index (χ4n) is 3.25. The van der Waals surface area contributed by atoms with Gasteiger partial charge in [-0.15, -0.1) is 4.40 Å². The van der Waals surface area contributed by atoms with Gasteiger partial charge >= 0.3 is 0 Å². The summed E-state index contributed by atoms with van der Waals surface area (Å²) in [7, 11) is -3.71. The predicted octanol–water partition coefficient (Wildman–Crippen LogP) is 4.25. The van der Waals surface area contributed by atoms with Crippen molar-refractivity contribution in [3.05, 3.63) is 60.3 Å². The fraction of sp³-hybridized carbons (Fsp3) is 0.250. The summed E-state index contributed by atoms with van der Waals surface area (Å²) in [5.41, 5.74) is 2.46. The lowest BCUT2D eigenvalue weighted by Gasteiger charge is -2.17. The van der Waals surface area contributed by atoms with Crippen molar-refractivity contribution in [2.75, 3.05) is 5.32 Å². The number of anilines is 1. The summed E-state index contributed by atoms with van der Waals surface area (Å²) in [6.07, 6.45) is 3.06. The molecule has 1 aliphatic rings. The van der Waals surface area contributed by atoms with E-state index in [0.717, 1.165) is 29.4 Å². The zero-order valence-corrected chi connectivity index (χ0v) is 15.6. The number of aryl methyl sites for hydroxylation is 1. The van der Waals surface area contributed by atoms with E-state index in [0.29, 0.717) is 17.4 Å². The van der Waals surface area contributed by atoms with Crippen LogP contribution in [0.4, 0.5) is 5.69 Å². The number of amidine groups is 1. The molecule has 0 fully saturated rings. The van der Waals surface area contributed by atoms with Gasteiger partial charge in [-0.1, -0.05) is 44.2 Å². The molecule has 2 heterocycles. The number of para-hydroxylation sites is 2. The third-order valence-electron chi connectivity index (χ3n) is 4.62. The molecule has 0 spiro atoms. The zero-order chi connectivity index (χ0) is 18.3. The average molecular weight is 367 g/mol. The molecule has 134 valence electrons. The van der Waals surface area contributed by atoms with Gasteiger partial charge in [-0.05, 0) is 30.5 Å². The average Bonchev–Trinajstić information content (AvgIpc) is 2.98. The first-order valence-electron chi connectivity index (χ1n) is 8.75. The van der Waals surface area contributed by atoms with Gasteiger partial charge in [0.1, 0.15) is 4.90 Å². The molecule has 0 radical (unpaired) electrons. The number of nitrogens with zero attached hydrogens (tertiary/aromatic N) is 2. The van der Waals surface area contributed by atoms with Crippen LogP contribution in [-0.4, -0.2) is 18.8 Å². The third kappa shape index (κ3) is 2.90. The minimum Gasteiger partial charge on any atom is -0.347 e. The molecule has 6 heteroatoms. The highest BCUT2D eigenvalue weighted by molar-refractivity contribution is 7.90. The molecule has 0 saturated carbocycles. The minimum atomic E-state index is -3.71. The third-order valence-corrected chi connectivity index (χ3v) is 5.96. The summed E-state index contributed by atoms with van der Waals surface area (Å²) < 4.78 is 31.4. The number of rotatable bonds is 4. The van der Waals surface area contributed by atoms with Crippen molar-refractivity contribution in [2.45, 2.75) is 31.7 Å². The molecule has 0 unspecified atom stereocenters. The Hall–Kier alpha value is -2.60. The van der Waals surface area contributed by atoms with Gasteiger partial charge in [0.05, 0.1) is 5.69 Å². The number of hydrogen-bond donors (Lipinski definition) is 1. The maximum Gasteiger partial charge on any atom is 0.286 e. The molecule has 1 aromatic heterocycles. The first-order valence-corrected chi connectivity index (χ1v) is 10.2. The van der Waals surface area contributed by atoms with Crippen LogP contribution in [0, 0.1) is 5.92 Å². The minimum absolute atomic E-state index is 0.215. The quantitative estimate of drug-likeness (QED) is 0.750. The maximum atomic E-state index is 12.6. The van der Waals surface area contributed by atoms with E-state index < -0.39 is 10.0 Å². The summed E-state index contributed by atoms with van der Waals surface area (Å²) >= 11 is 0. The number of sulfonamides is 1. The molecule has 1 aliphatic heterocycles. The lowest BCUT2D eigenvalue weighted by molar-refractivity contribution is 0.524.